The minimum Gasteiger partial charge on any atom is -0.458 e. The van der Waals surface area contributed by atoms with Crippen molar-refractivity contribution in [1.29, 1.82) is 0 Å². The van der Waals surface area contributed by atoms with E-state index in [-0.39, 0.29) is 12.3 Å². The number of nitrogens with one attached hydrogen (secondary N) is 1. The summed E-state index contributed by atoms with van der Waals surface area (Å²) in [6.07, 6.45) is -2.45. The Bertz CT molecular complexity index is 408. The van der Waals surface area contributed by atoms with Crippen molar-refractivity contribution in [3.05, 3.63) is 0 Å². The fourth-order valence-corrected chi connectivity index (χ4v) is 2.36. The van der Waals surface area contributed by atoms with Crippen molar-refractivity contribution >= 4 is 23.8 Å². The van der Waals surface area contributed by atoms with Crippen LogP contribution in [0.25, 0.3) is 0 Å². The van der Waals surface area contributed by atoms with Gasteiger partial charge < -0.3 is 19.5 Å². The Morgan fingerprint density at radius 2 is 1.29 bits per heavy atom. The highest BCUT2D eigenvalue weighted by atomic mass is 16.6. The largest absolute Gasteiger partial charge is 0.458 e. The third kappa shape index (κ3) is 5.05. The number of carbonyl (C=O) groups excluding carboxylic acids is 4. The van der Waals surface area contributed by atoms with E-state index < -0.39 is 42.3 Å². The monoisotopic (exact) mass is 301 g/mol. The first kappa shape index (κ1) is 16.9. The van der Waals surface area contributed by atoms with Crippen molar-refractivity contribution in [3.8, 4) is 0 Å². The average molecular weight is 301 g/mol. The smallest absolute Gasteiger partial charge is 0.303 e. The van der Waals surface area contributed by atoms with Crippen molar-refractivity contribution in [2.45, 2.75) is 58.5 Å². The summed E-state index contributed by atoms with van der Waals surface area (Å²) in [6.45, 7) is 4.93. The van der Waals surface area contributed by atoms with Crippen LogP contribution in [0, 0.1) is 0 Å². The van der Waals surface area contributed by atoms with E-state index in [0.717, 1.165) is 0 Å². The Kier molecular flexibility index (Phi) is 5.69. The molecule has 0 unspecified atom stereocenters. The summed E-state index contributed by atoms with van der Waals surface area (Å²) in [5.41, 5.74) is 0. The van der Waals surface area contributed by atoms with Gasteiger partial charge in [0.1, 0.15) is 6.10 Å². The Morgan fingerprint density at radius 3 is 1.71 bits per heavy atom. The van der Waals surface area contributed by atoms with Crippen LogP contribution in [0.15, 0.2) is 0 Å². The van der Waals surface area contributed by atoms with Crippen LogP contribution in [-0.2, 0) is 33.4 Å². The number of amides is 1. The van der Waals surface area contributed by atoms with Crippen molar-refractivity contribution in [3.63, 3.8) is 0 Å². The summed E-state index contributed by atoms with van der Waals surface area (Å²) in [5, 5.41) is 2.60. The van der Waals surface area contributed by atoms with E-state index in [1.54, 1.807) is 0 Å². The minimum atomic E-state index is -0.952. The van der Waals surface area contributed by atoms with Crippen molar-refractivity contribution < 1.29 is 33.4 Å². The Morgan fingerprint density at radius 1 is 0.810 bits per heavy atom. The van der Waals surface area contributed by atoms with E-state index in [0.29, 0.717) is 0 Å². The normalized spacial score (nSPS) is 27.6. The maximum atomic E-state index is 11.2. The van der Waals surface area contributed by atoms with Crippen molar-refractivity contribution in [1.82, 2.24) is 5.32 Å². The zero-order valence-corrected chi connectivity index (χ0v) is 12.4. The number of esters is 3. The standard InChI is InChI=1S/C13H19NO7/c1-6(15)14-10-5-11(19-7(2)16)13(21-9(4)18)12(10)20-8(3)17/h10-13H,5H2,1-4H3,(H,14,15)/t10-,11+,12-,13+/m1/s1. The van der Waals surface area contributed by atoms with Crippen LogP contribution >= 0.6 is 0 Å². The molecule has 0 aromatic rings. The van der Waals surface area contributed by atoms with Gasteiger partial charge in [-0.05, 0) is 0 Å². The molecule has 0 aromatic heterocycles. The van der Waals surface area contributed by atoms with Crippen LogP contribution in [0.5, 0.6) is 0 Å². The van der Waals surface area contributed by atoms with Crippen LogP contribution in [0.4, 0.5) is 0 Å². The quantitative estimate of drug-likeness (QED) is 0.560. The molecule has 0 heterocycles. The first-order valence-electron chi connectivity index (χ1n) is 6.49. The number of rotatable bonds is 4. The Balaban J connectivity index is 2.99. The first-order valence-corrected chi connectivity index (χ1v) is 6.49. The molecule has 1 aliphatic carbocycles. The second-order valence-corrected chi connectivity index (χ2v) is 4.84. The van der Waals surface area contributed by atoms with Gasteiger partial charge in [-0.25, -0.2) is 0 Å². The minimum absolute atomic E-state index is 0.190. The van der Waals surface area contributed by atoms with Crippen LogP contribution in [-0.4, -0.2) is 48.2 Å². The molecule has 0 bridgehead atoms. The number of ether oxygens (including phenoxy) is 3. The topological polar surface area (TPSA) is 108 Å². The lowest BCUT2D eigenvalue weighted by atomic mass is 10.2. The molecule has 1 aliphatic rings. The molecular formula is C13H19NO7. The lowest BCUT2D eigenvalue weighted by Gasteiger charge is -2.25. The van der Waals surface area contributed by atoms with Crippen LogP contribution in [0.2, 0.25) is 0 Å². The number of carbonyl (C=O) groups is 4. The molecule has 0 aromatic carbocycles. The zero-order valence-electron chi connectivity index (χ0n) is 12.4. The summed E-state index contributed by atoms with van der Waals surface area (Å²) in [5.74, 6) is -2.07. The van der Waals surface area contributed by atoms with E-state index >= 15 is 0 Å². The van der Waals surface area contributed by atoms with Gasteiger partial charge in [-0.1, -0.05) is 0 Å². The predicted octanol–water partition coefficient (Wildman–Crippen LogP) is -0.310. The van der Waals surface area contributed by atoms with Gasteiger partial charge in [0, 0.05) is 34.1 Å². The van der Waals surface area contributed by atoms with Gasteiger partial charge in [0.05, 0.1) is 6.04 Å². The SMILES string of the molecule is CC(=O)N[C@@H]1C[C@H](OC(C)=O)[C@H](OC(C)=O)[C@@H]1OC(C)=O. The van der Waals surface area contributed by atoms with Crippen LogP contribution in [0.3, 0.4) is 0 Å². The van der Waals surface area contributed by atoms with Gasteiger partial charge >= 0.3 is 17.9 Å². The molecule has 0 radical (unpaired) electrons. The van der Waals surface area contributed by atoms with Crippen molar-refractivity contribution in [2.24, 2.45) is 0 Å². The molecule has 8 heteroatoms. The summed E-state index contributed by atoms with van der Waals surface area (Å²) < 4.78 is 15.3. The molecule has 1 fully saturated rings. The number of hydrogen-bond acceptors (Lipinski definition) is 7. The van der Waals surface area contributed by atoms with Gasteiger partial charge in [0.15, 0.2) is 12.2 Å². The van der Waals surface area contributed by atoms with E-state index in [1.807, 2.05) is 0 Å². The molecular weight excluding hydrogens is 282 g/mol. The molecule has 0 saturated heterocycles. The Labute approximate surface area is 122 Å². The van der Waals surface area contributed by atoms with E-state index in [4.69, 9.17) is 14.2 Å². The molecule has 1 N–H and O–H groups in total. The second-order valence-electron chi connectivity index (χ2n) is 4.84. The third-order valence-electron chi connectivity index (χ3n) is 2.88. The lowest BCUT2D eigenvalue weighted by Crippen LogP contribution is -2.46. The average Bonchev–Trinajstić information content (AvgIpc) is 2.55. The molecule has 21 heavy (non-hydrogen) atoms. The van der Waals surface area contributed by atoms with Crippen LogP contribution < -0.4 is 5.32 Å². The van der Waals surface area contributed by atoms with Gasteiger partial charge in [0.25, 0.3) is 0 Å². The molecule has 1 amide bonds. The highest BCUT2D eigenvalue weighted by Gasteiger charge is 2.50. The van der Waals surface area contributed by atoms with E-state index in [1.165, 1.54) is 27.7 Å². The molecule has 0 aliphatic heterocycles. The van der Waals surface area contributed by atoms with E-state index in [2.05, 4.69) is 5.32 Å². The fourth-order valence-electron chi connectivity index (χ4n) is 2.36. The summed E-state index contributed by atoms with van der Waals surface area (Å²) >= 11 is 0. The lowest BCUT2D eigenvalue weighted by molar-refractivity contribution is -0.175. The molecule has 8 nitrogen and oxygen atoms in total. The molecule has 4 atom stereocenters. The molecule has 1 rings (SSSR count). The first-order chi connectivity index (χ1) is 9.70. The summed E-state index contributed by atoms with van der Waals surface area (Å²) in [7, 11) is 0. The zero-order chi connectivity index (χ0) is 16.2. The maximum absolute atomic E-state index is 11.2. The molecule has 1 saturated carbocycles. The fraction of sp³-hybridized carbons (Fsp3) is 0.692. The van der Waals surface area contributed by atoms with Gasteiger partial charge in [-0.2, -0.15) is 0 Å². The highest BCUT2D eigenvalue weighted by Crippen LogP contribution is 2.29. The number of hydrogen-bond donors (Lipinski definition) is 1. The van der Waals surface area contributed by atoms with Gasteiger partial charge in [-0.15, -0.1) is 0 Å². The molecule has 0 spiro atoms. The summed E-state index contributed by atoms with van der Waals surface area (Å²) in [6, 6.07) is -0.597. The Hall–Kier alpha value is -2.12. The van der Waals surface area contributed by atoms with Gasteiger partial charge in [-0.3, -0.25) is 19.2 Å². The van der Waals surface area contributed by atoms with Crippen LogP contribution in [0.1, 0.15) is 34.1 Å². The summed E-state index contributed by atoms with van der Waals surface area (Å²) in [4.78, 5) is 44.8. The third-order valence-corrected chi connectivity index (χ3v) is 2.88. The van der Waals surface area contributed by atoms with Crippen molar-refractivity contribution in [2.75, 3.05) is 0 Å². The van der Waals surface area contributed by atoms with Gasteiger partial charge in [0.2, 0.25) is 5.91 Å². The molecule has 118 valence electrons. The van der Waals surface area contributed by atoms with E-state index in [9.17, 15) is 19.2 Å². The highest BCUT2D eigenvalue weighted by molar-refractivity contribution is 5.74. The maximum Gasteiger partial charge on any atom is 0.303 e. The predicted molar refractivity (Wildman–Crippen MR) is 68.9 cm³/mol. The second kappa shape index (κ2) is 7.05.